The van der Waals surface area contributed by atoms with E-state index in [1.807, 2.05) is 0 Å². The smallest absolute Gasteiger partial charge is 0.339 e. The number of carboxylic acids is 1. The Morgan fingerprint density at radius 2 is 2.19 bits per heavy atom. The van der Waals surface area contributed by atoms with Gasteiger partial charge in [0, 0.05) is 0 Å². The molecule has 0 aliphatic heterocycles. The Morgan fingerprint density at radius 3 is 2.75 bits per heavy atom. The Balaban J connectivity index is 2.80. The van der Waals surface area contributed by atoms with E-state index in [0.29, 0.717) is 22.7 Å². The number of hydrogen-bond donors (Lipinski definition) is 1. The molecule has 3 nitrogen and oxygen atoms in total. The molecule has 0 atom stereocenters. The van der Waals surface area contributed by atoms with Gasteiger partial charge in [0.25, 0.3) is 0 Å². The quantitative estimate of drug-likeness (QED) is 0.900. The van der Waals surface area contributed by atoms with Crippen LogP contribution < -0.4 is 4.74 Å². The lowest BCUT2D eigenvalue weighted by atomic mass is 10.1. The van der Waals surface area contributed by atoms with Crippen molar-refractivity contribution in [1.82, 2.24) is 0 Å². The lowest BCUT2D eigenvalue weighted by Gasteiger charge is -2.11. The fraction of sp³-hybridized carbons (Fsp3) is 0.417. The minimum Gasteiger partial charge on any atom is -0.491 e. The van der Waals surface area contributed by atoms with Gasteiger partial charge in [-0.15, -0.1) is 0 Å². The number of benzene rings is 1. The zero-order chi connectivity index (χ0) is 12.1. The van der Waals surface area contributed by atoms with Crippen LogP contribution in [-0.4, -0.2) is 17.7 Å². The Labute approximate surface area is 104 Å². The van der Waals surface area contributed by atoms with Crippen LogP contribution >= 0.6 is 15.9 Å². The number of rotatable bonds is 5. The average Bonchev–Trinajstić information content (AvgIpc) is 2.19. The van der Waals surface area contributed by atoms with Gasteiger partial charge < -0.3 is 9.84 Å². The zero-order valence-corrected chi connectivity index (χ0v) is 11.0. The summed E-state index contributed by atoms with van der Waals surface area (Å²) in [6.07, 6.45) is 0.903. The zero-order valence-electron chi connectivity index (χ0n) is 9.37. The molecule has 0 bridgehead atoms. The van der Waals surface area contributed by atoms with E-state index in [1.165, 1.54) is 6.07 Å². The van der Waals surface area contributed by atoms with Crippen molar-refractivity contribution in [3.63, 3.8) is 0 Å². The molecule has 0 saturated carbocycles. The molecule has 0 radical (unpaired) electrons. The maximum Gasteiger partial charge on any atom is 0.339 e. The largest absolute Gasteiger partial charge is 0.491 e. The van der Waals surface area contributed by atoms with Crippen molar-refractivity contribution in [2.24, 2.45) is 5.92 Å². The van der Waals surface area contributed by atoms with Crippen LogP contribution in [0.3, 0.4) is 0 Å². The highest BCUT2D eigenvalue weighted by Gasteiger charge is 2.13. The molecule has 1 aromatic rings. The number of halogens is 1. The molecule has 0 heterocycles. The second-order valence-electron chi connectivity index (χ2n) is 3.95. The van der Waals surface area contributed by atoms with Crippen LogP contribution in [0.15, 0.2) is 22.7 Å². The van der Waals surface area contributed by atoms with Crippen molar-refractivity contribution in [1.29, 1.82) is 0 Å². The van der Waals surface area contributed by atoms with Crippen LogP contribution in [0.4, 0.5) is 0 Å². The first-order valence-corrected chi connectivity index (χ1v) is 5.96. The average molecular weight is 287 g/mol. The van der Waals surface area contributed by atoms with Gasteiger partial charge in [0.15, 0.2) is 0 Å². The van der Waals surface area contributed by atoms with E-state index >= 15 is 0 Å². The lowest BCUT2D eigenvalue weighted by molar-refractivity contribution is 0.0692. The van der Waals surface area contributed by atoms with Crippen molar-refractivity contribution in [2.75, 3.05) is 6.61 Å². The van der Waals surface area contributed by atoms with E-state index in [9.17, 15) is 4.79 Å². The highest BCUT2D eigenvalue weighted by Crippen LogP contribution is 2.29. The van der Waals surface area contributed by atoms with Crippen LogP contribution in [0, 0.1) is 5.92 Å². The molecular formula is C12H15BrO3. The van der Waals surface area contributed by atoms with Crippen LogP contribution in [0.2, 0.25) is 0 Å². The molecule has 0 aliphatic rings. The third-order valence-corrected chi connectivity index (χ3v) is 2.76. The summed E-state index contributed by atoms with van der Waals surface area (Å²) in [7, 11) is 0. The molecule has 16 heavy (non-hydrogen) atoms. The molecule has 88 valence electrons. The molecule has 0 amide bonds. The highest BCUT2D eigenvalue weighted by atomic mass is 79.9. The number of hydrogen-bond acceptors (Lipinski definition) is 2. The summed E-state index contributed by atoms with van der Waals surface area (Å²) in [5.74, 6) is -0.0211. The minimum absolute atomic E-state index is 0.193. The lowest BCUT2D eigenvalue weighted by Crippen LogP contribution is -2.06. The van der Waals surface area contributed by atoms with E-state index in [2.05, 4.69) is 29.8 Å². The molecule has 0 aliphatic carbocycles. The van der Waals surface area contributed by atoms with E-state index in [1.54, 1.807) is 12.1 Å². The van der Waals surface area contributed by atoms with Crippen LogP contribution in [0.1, 0.15) is 30.6 Å². The topological polar surface area (TPSA) is 46.5 Å². The maximum absolute atomic E-state index is 11.0. The molecule has 0 fully saturated rings. The fourth-order valence-electron chi connectivity index (χ4n) is 1.22. The predicted octanol–water partition coefficient (Wildman–Crippen LogP) is 3.57. The van der Waals surface area contributed by atoms with E-state index < -0.39 is 5.97 Å². The van der Waals surface area contributed by atoms with Crippen molar-refractivity contribution >= 4 is 21.9 Å². The first-order chi connectivity index (χ1) is 7.52. The summed E-state index contributed by atoms with van der Waals surface area (Å²) in [4.78, 5) is 11.0. The highest BCUT2D eigenvalue weighted by molar-refractivity contribution is 9.10. The molecular weight excluding hydrogens is 272 g/mol. The molecule has 1 rings (SSSR count). The van der Waals surface area contributed by atoms with Gasteiger partial charge in [-0.2, -0.15) is 0 Å². The number of para-hydroxylation sites is 1. The predicted molar refractivity (Wildman–Crippen MR) is 66.1 cm³/mol. The molecule has 1 N–H and O–H groups in total. The van der Waals surface area contributed by atoms with Gasteiger partial charge in [-0.3, -0.25) is 0 Å². The molecule has 4 heteroatoms. The van der Waals surface area contributed by atoms with Gasteiger partial charge in [0.05, 0.1) is 11.1 Å². The Hall–Kier alpha value is -1.03. The van der Waals surface area contributed by atoms with Gasteiger partial charge in [-0.05, 0) is 40.4 Å². The first-order valence-electron chi connectivity index (χ1n) is 5.17. The SMILES string of the molecule is CC(C)CCOc1c(Br)cccc1C(=O)O. The van der Waals surface area contributed by atoms with Crippen molar-refractivity contribution < 1.29 is 14.6 Å². The van der Waals surface area contributed by atoms with Gasteiger partial charge in [0.2, 0.25) is 0 Å². The molecule has 1 aromatic carbocycles. The molecule has 0 spiro atoms. The summed E-state index contributed by atoms with van der Waals surface area (Å²) < 4.78 is 6.19. The van der Waals surface area contributed by atoms with Gasteiger partial charge >= 0.3 is 5.97 Å². The molecule has 0 unspecified atom stereocenters. The van der Waals surface area contributed by atoms with Crippen molar-refractivity contribution in [2.45, 2.75) is 20.3 Å². The van der Waals surface area contributed by atoms with Crippen LogP contribution in [-0.2, 0) is 0 Å². The third kappa shape index (κ3) is 3.52. The maximum atomic E-state index is 11.0. The van der Waals surface area contributed by atoms with Crippen molar-refractivity contribution in [3.05, 3.63) is 28.2 Å². The monoisotopic (exact) mass is 286 g/mol. The summed E-state index contributed by atoms with van der Waals surface area (Å²) in [6.45, 7) is 4.73. The Bertz CT molecular complexity index is 375. The fourth-order valence-corrected chi connectivity index (χ4v) is 1.70. The summed E-state index contributed by atoms with van der Waals surface area (Å²) in [5.41, 5.74) is 0.193. The molecule has 0 saturated heterocycles. The van der Waals surface area contributed by atoms with Gasteiger partial charge in [-0.25, -0.2) is 4.79 Å². The minimum atomic E-state index is -0.971. The summed E-state index contributed by atoms with van der Waals surface area (Å²) >= 11 is 3.29. The van der Waals surface area contributed by atoms with E-state index in [4.69, 9.17) is 9.84 Å². The first kappa shape index (κ1) is 13.0. The second-order valence-corrected chi connectivity index (χ2v) is 4.81. The van der Waals surface area contributed by atoms with Gasteiger partial charge in [-0.1, -0.05) is 19.9 Å². The second kappa shape index (κ2) is 5.89. The van der Waals surface area contributed by atoms with E-state index in [-0.39, 0.29) is 5.56 Å². The number of ether oxygens (including phenoxy) is 1. The third-order valence-electron chi connectivity index (χ3n) is 2.14. The van der Waals surface area contributed by atoms with Gasteiger partial charge in [0.1, 0.15) is 11.3 Å². The Kier molecular flexibility index (Phi) is 4.80. The van der Waals surface area contributed by atoms with Crippen molar-refractivity contribution in [3.8, 4) is 5.75 Å². The summed E-state index contributed by atoms with van der Waals surface area (Å²) in [6, 6.07) is 5.00. The normalized spacial score (nSPS) is 10.5. The van der Waals surface area contributed by atoms with Crippen LogP contribution in [0.25, 0.3) is 0 Å². The van der Waals surface area contributed by atoms with Crippen LogP contribution in [0.5, 0.6) is 5.75 Å². The standard InChI is InChI=1S/C12H15BrO3/c1-8(2)6-7-16-11-9(12(14)15)4-3-5-10(11)13/h3-5,8H,6-7H2,1-2H3,(H,14,15). The number of carbonyl (C=O) groups is 1. The Morgan fingerprint density at radius 1 is 1.50 bits per heavy atom. The summed E-state index contributed by atoms with van der Waals surface area (Å²) in [5, 5.41) is 9.00. The van der Waals surface area contributed by atoms with E-state index in [0.717, 1.165) is 6.42 Å². The number of carboxylic acid groups (broad SMARTS) is 1. The number of aromatic carboxylic acids is 1. The molecule has 0 aromatic heterocycles.